The van der Waals surface area contributed by atoms with Crippen LogP contribution in [-0.2, 0) is 16.1 Å². The average molecular weight is 499 g/mol. The zero-order valence-corrected chi connectivity index (χ0v) is 20.5. The van der Waals surface area contributed by atoms with Crippen molar-refractivity contribution in [1.29, 1.82) is 0 Å². The van der Waals surface area contributed by atoms with Crippen molar-refractivity contribution in [2.24, 2.45) is 0 Å². The number of benzene rings is 3. The molecule has 176 valence electrons. The molecule has 1 N–H and O–H groups in total. The van der Waals surface area contributed by atoms with Crippen LogP contribution in [0.4, 0.5) is 11.4 Å². The number of nitrogens with one attached hydrogen (secondary N) is 1. The van der Waals surface area contributed by atoms with Gasteiger partial charge in [-0.25, -0.2) is 0 Å². The topological polar surface area (TPSA) is 67.9 Å². The van der Waals surface area contributed by atoms with Crippen molar-refractivity contribution < 1.29 is 19.1 Å². The van der Waals surface area contributed by atoms with Gasteiger partial charge >= 0.3 is 0 Å². The van der Waals surface area contributed by atoms with Crippen molar-refractivity contribution in [1.82, 2.24) is 0 Å². The molecule has 2 atom stereocenters. The van der Waals surface area contributed by atoms with Crippen LogP contribution in [0, 0.1) is 6.92 Å². The molecule has 4 rings (SSSR count). The number of rotatable bonds is 6. The molecule has 1 aliphatic rings. The summed E-state index contributed by atoms with van der Waals surface area (Å²) in [4.78, 5) is 27.4. The van der Waals surface area contributed by atoms with Crippen LogP contribution < -0.4 is 19.7 Å². The number of anilines is 2. The third-order valence-corrected chi connectivity index (χ3v) is 6.12. The van der Waals surface area contributed by atoms with Crippen LogP contribution in [0.5, 0.6) is 11.5 Å². The van der Waals surface area contributed by atoms with Crippen LogP contribution in [0.3, 0.4) is 0 Å². The largest absolute Gasteiger partial charge is 0.479 e. The lowest BCUT2D eigenvalue weighted by atomic mass is 10.1. The van der Waals surface area contributed by atoms with Crippen molar-refractivity contribution in [2.45, 2.75) is 39.5 Å². The Kier molecular flexibility index (Phi) is 7.00. The van der Waals surface area contributed by atoms with Crippen LogP contribution in [0.2, 0.25) is 10.0 Å². The van der Waals surface area contributed by atoms with Gasteiger partial charge in [-0.3, -0.25) is 9.59 Å². The Balaban J connectivity index is 1.54. The van der Waals surface area contributed by atoms with Crippen molar-refractivity contribution in [3.05, 3.63) is 81.8 Å². The van der Waals surface area contributed by atoms with E-state index in [1.54, 1.807) is 55.1 Å². The van der Waals surface area contributed by atoms with E-state index < -0.39 is 12.2 Å². The molecule has 0 saturated carbocycles. The molecule has 0 bridgehead atoms. The van der Waals surface area contributed by atoms with Crippen molar-refractivity contribution in [3.63, 3.8) is 0 Å². The van der Waals surface area contributed by atoms with E-state index in [2.05, 4.69) is 5.32 Å². The number of amides is 2. The number of halogens is 2. The van der Waals surface area contributed by atoms with Crippen LogP contribution in [0.15, 0.2) is 60.7 Å². The first-order valence-corrected chi connectivity index (χ1v) is 11.6. The quantitative estimate of drug-likeness (QED) is 0.450. The molecule has 34 heavy (non-hydrogen) atoms. The lowest BCUT2D eigenvalue weighted by molar-refractivity contribution is -0.125. The van der Waals surface area contributed by atoms with Gasteiger partial charge in [0.15, 0.2) is 12.2 Å². The second kappa shape index (κ2) is 9.95. The number of hydrogen-bond donors (Lipinski definition) is 1. The summed E-state index contributed by atoms with van der Waals surface area (Å²) in [6, 6.07) is 17.9. The predicted octanol–water partition coefficient (Wildman–Crippen LogP) is 6.02. The predicted molar refractivity (Wildman–Crippen MR) is 134 cm³/mol. The molecule has 2 amide bonds. The monoisotopic (exact) mass is 498 g/mol. The molecule has 8 heteroatoms. The Morgan fingerprint density at radius 2 is 1.91 bits per heavy atom. The van der Waals surface area contributed by atoms with Crippen LogP contribution in [-0.4, -0.2) is 24.0 Å². The van der Waals surface area contributed by atoms with E-state index >= 15 is 0 Å². The van der Waals surface area contributed by atoms with Gasteiger partial charge in [0.25, 0.3) is 11.8 Å². The molecule has 1 aliphatic heterocycles. The van der Waals surface area contributed by atoms with Gasteiger partial charge in [0, 0.05) is 10.7 Å². The molecule has 0 saturated heterocycles. The Labute approximate surface area is 208 Å². The lowest BCUT2D eigenvalue weighted by Gasteiger charge is -2.33. The SMILES string of the molecule is Cc1ccccc1CN1C(=O)C(C)Oc2ccc(NC(=O)C(C)Oc3ccc(Cl)cc3Cl)cc21. The maximum absolute atomic E-state index is 13.0. The number of fused-ring (bicyclic) bond motifs is 1. The number of carbonyl (C=O) groups is 2. The number of nitrogens with zero attached hydrogens (tertiary/aromatic N) is 1. The lowest BCUT2D eigenvalue weighted by Crippen LogP contribution is -2.44. The summed E-state index contributed by atoms with van der Waals surface area (Å²) in [6.45, 7) is 5.76. The molecule has 0 aromatic heterocycles. The first kappa shape index (κ1) is 23.9. The van der Waals surface area contributed by atoms with Crippen molar-refractivity contribution in [3.8, 4) is 11.5 Å². The standard InChI is InChI=1S/C26H24Cl2N2O4/c1-15-6-4-5-7-18(15)14-30-22-13-20(9-11-24(22)34-17(3)26(30)32)29-25(31)16(2)33-23-10-8-19(27)12-21(23)28/h4-13,16-17H,14H2,1-3H3,(H,29,31). The fourth-order valence-corrected chi connectivity index (χ4v) is 4.12. The molecule has 6 nitrogen and oxygen atoms in total. The zero-order valence-electron chi connectivity index (χ0n) is 19.0. The van der Waals surface area contributed by atoms with Crippen LogP contribution in [0.1, 0.15) is 25.0 Å². The van der Waals surface area contributed by atoms with Gasteiger partial charge < -0.3 is 19.7 Å². The first-order chi connectivity index (χ1) is 16.2. The minimum absolute atomic E-state index is 0.145. The van der Waals surface area contributed by atoms with Crippen LogP contribution in [0.25, 0.3) is 0 Å². The molecule has 0 spiro atoms. The van der Waals surface area contributed by atoms with Gasteiger partial charge in [0.1, 0.15) is 11.5 Å². The summed E-state index contributed by atoms with van der Waals surface area (Å²) in [6.07, 6.45) is -1.43. The van der Waals surface area contributed by atoms with E-state index in [9.17, 15) is 9.59 Å². The Bertz CT molecular complexity index is 1250. The fourth-order valence-electron chi connectivity index (χ4n) is 3.66. The van der Waals surface area contributed by atoms with Crippen molar-refractivity contribution >= 4 is 46.4 Å². The smallest absolute Gasteiger partial charge is 0.268 e. The highest BCUT2D eigenvalue weighted by molar-refractivity contribution is 6.35. The molecule has 0 fully saturated rings. The molecule has 3 aromatic rings. The second-order valence-corrected chi connectivity index (χ2v) is 8.96. The van der Waals surface area contributed by atoms with Crippen molar-refractivity contribution in [2.75, 3.05) is 10.2 Å². The van der Waals surface area contributed by atoms with Gasteiger partial charge in [-0.05, 0) is 68.3 Å². The van der Waals surface area contributed by atoms with Gasteiger partial charge in [-0.2, -0.15) is 0 Å². The summed E-state index contributed by atoms with van der Waals surface area (Å²) in [5, 5.41) is 3.63. The fraction of sp³-hybridized carbons (Fsp3) is 0.231. The van der Waals surface area contributed by atoms with E-state index in [0.717, 1.165) is 11.1 Å². The highest BCUT2D eigenvalue weighted by atomic mass is 35.5. The average Bonchev–Trinajstić information content (AvgIpc) is 2.80. The Hall–Kier alpha value is -3.22. The summed E-state index contributed by atoms with van der Waals surface area (Å²) in [5.74, 6) is 0.425. The van der Waals surface area contributed by atoms with E-state index in [0.29, 0.717) is 39.5 Å². The number of ether oxygens (including phenoxy) is 2. The second-order valence-electron chi connectivity index (χ2n) is 8.12. The summed E-state index contributed by atoms with van der Waals surface area (Å²) in [7, 11) is 0. The number of aryl methyl sites for hydroxylation is 1. The van der Waals surface area contributed by atoms with E-state index in [1.807, 2.05) is 31.2 Å². The van der Waals surface area contributed by atoms with Gasteiger partial charge in [-0.15, -0.1) is 0 Å². The third-order valence-electron chi connectivity index (χ3n) is 5.59. The van der Waals surface area contributed by atoms with Crippen LogP contribution >= 0.6 is 23.2 Å². The number of hydrogen-bond acceptors (Lipinski definition) is 4. The highest BCUT2D eigenvalue weighted by Gasteiger charge is 2.32. The third kappa shape index (κ3) is 5.13. The maximum atomic E-state index is 13.0. The minimum atomic E-state index is -0.823. The van der Waals surface area contributed by atoms with E-state index in [4.69, 9.17) is 32.7 Å². The van der Waals surface area contributed by atoms with E-state index in [-0.39, 0.29) is 11.8 Å². The summed E-state index contributed by atoms with van der Waals surface area (Å²) in [5.41, 5.74) is 3.24. The van der Waals surface area contributed by atoms with E-state index in [1.165, 1.54) is 0 Å². The molecule has 0 aliphatic carbocycles. The molecular weight excluding hydrogens is 475 g/mol. The maximum Gasteiger partial charge on any atom is 0.268 e. The molecular formula is C26H24Cl2N2O4. The summed E-state index contributed by atoms with van der Waals surface area (Å²) >= 11 is 12.1. The molecule has 0 radical (unpaired) electrons. The zero-order chi connectivity index (χ0) is 24.4. The van der Waals surface area contributed by atoms with Gasteiger partial charge in [-0.1, -0.05) is 47.5 Å². The molecule has 3 aromatic carbocycles. The Morgan fingerprint density at radius 3 is 2.65 bits per heavy atom. The number of carbonyl (C=O) groups excluding carboxylic acids is 2. The minimum Gasteiger partial charge on any atom is -0.479 e. The van der Waals surface area contributed by atoms with Gasteiger partial charge in [0.05, 0.1) is 17.3 Å². The highest BCUT2D eigenvalue weighted by Crippen LogP contribution is 2.37. The van der Waals surface area contributed by atoms with Gasteiger partial charge in [0.2, 0.25) is 0 Å². The first-order valence-electron chi connectivity index (χ1n) is 10.8. The summed E-state index contributed by atoms with van der Waals surface area (Å²) < 4.78 is 11.5. The molecule has 1 heterocycles. The Morgan fingerprint density at radius 1 is 1.15 bits per heavy atom. The molecule has 2 unspecified atom stereocenters. The normalized spacial score (nSPS) is 15.9.